The highest BCUT2D eigenvalue weighted by Crippen LogP contribution is 2.44. The monoisotopic (exact) mass is 531 g/mol. The molecule has 0 spiro atoms. The van der Waals surface area contributed by atoms with Crippen LogP contribution in [-0.4, -0.2) is 37.9 Å². The molecule has 0 aliphatic carbocycles. The van der Waals surface area contributed by atoms with Gasteiger partial charge in [-0.1, -0.05) is 6.07 Å². The number of pyridine rings is 3. The van der Waals surface area contributed by atoms with Gasteiger partial charge in [0.1, 0.15) is 17.7 Å². The number of benzene rings is 1. The molecule has 2 amide bonds. The van der Waals surface area contributed by atoms with E-state index in [2.05, 4.69) is 25.7 Å². The molecule has 2 aliphatic rings. The summed E-state index contributed by atoms with van der Waals surface area (Å²) in [5, 5.41) is 10.4. The second-order valence-corrected chi connectivity index (χ2v) is 9.88. The summed E-state index contributed by atoms with van der Waals surface area (Å²) >= 11 is 0. The van der Waals surface area contributed by atoms with Gasteiger partial charge in [-0.15, -0.1) is 0 Å². The first-order chi connectivity index (χ1) is 19.5. The van der Waals surface area contributed by atoms with Gasteiger partial charge in [0.2, 0.25) is 5.91 Å². The Kier molecular flexibility index (Phi) is 5.66. The lowest BCUT2D eigenvalue weighted by atomic mass is 9.94. The van der Waals surface area contributed by atoms with Gasteiger partial charge in [0.05, 0.1) is 41.0 Å². The van der Waals surface area contributed by atoms with E-state index in [0.29, 0.717) is 29.2 Å². The third-order valence-electron chi connectivity index (χ3n) is 7.26. The number of aromatic nitrogens is 4. The number of nitrogens with zero attached hydrogens (tertiary/aromatic N) is 5. The van der Waals surface area contributed by atoms with Gasteiger partial charge in [-0.05, 0) is 49.7 Å². The van der Waals surface area contributed by atoms with E-state index in [4.69, 9.17) is 4.74 Å². The molecule has 4 aromatic heterocycles. The van der Waals surface area contributed by atoms with Crippen molar-refractivity contribution in [3.8, 4) is 16.9 Å². The van der Waals surface area contributed by atoms with Crippen LogP contribution in [0.4, 0.5) is 22.9 Å². The highest BCUT2D eigenvalue weighted by Gasteiger charge is 2.27. The summed E-state index contributed by atoms with van der Waals surface area (Å²) in [6.07, 6.45) is 9.69. The predicted octanol–water partition coefficient (Wildman–Crippen LogP) is 5.37. The molecule has 40 heavy (non-hydrogen) atoms. The number of ether oxygens (including phenoxy) is 1. The quantitative estimate of drug-likeness (QED) is 0.314. The molecule has 5 aromatic rings. The van der Waals surface area contributed by atoms with Crippen LogP contribution in [0.3, 0.4) is 0 Å². The number of rotatable bonds is 5. The van der Waals surface area contributed by atoms with Crippen molar-refractivity contribution in [2.45, 2.75) is 25.9 Å². The molecule has 1 aromatic carbocycles. The Labute approximate surface area is 229 Å². The van der Waals surface area contributed by atoms with Crippen molar-refractivity contribution in [1.82, 2.24) is 19.6 Å². The number of nitrogens with one attached hydrogen (secondary N) is 2. The lowest BCUT2D eigenvalue weighted by molar-refractivity contribution is -0.117. The van der Waals surface area contributed by atoms with Crippen LogP contribution >= 0.6 is 0 Å². The van der Waals surface area contributed by atoms with Gasteiger partial charge >= 0.3 is 0 Å². The van der Waals surface area contributed by atoms with Crippen LogP contribution in [0, 0.1) is 0 Å². The van der Waals surface area contributed by atoms with Crippen molar-refractivity contribution in [1.29, 1.82) is 0 Å². The number of fused-ring (bicyclic) bond motifs is 4. The van der Waals surface area contributed by atoms with E-state index in [0.717, 1.165) is 46.6 Å². The molecule has 10 heteroatoms. The highest BCUT2D eigenvalue weighted by atomic mass is 16.5. The molecule has 0 bridgehead atoms. The molecule has 7 rings (SSSR count). The zero-order chi connectivity index (χ0) is 27.2. The molecule has 1 saturated heterocycles. The van der Waals surface area contributed by atoms with E-state index in [9.17, 15) is 9.59 Å². The smallest absolute Gasteiger partial charge is 0.259 e. The highest BCUT2D eigenvalue weighted by molar-refractivity contribution is 6.08. The van der Waals surface area contributed by atoms with E-state index < -0.39 is 0 Å². The molecular formula is C30H25N7O3. The van der Waals surface area contributed by atoms with Crippen molar-refractivity contribution >= 4 is 40.2 Å². The number of carbonyl (C=O) groups is 2. The second kappa shape index (κ2) is 9.49. The molecule has 6 heterocycles. The van der Waals surface area contributed by atoms with Crippen molar-refractivity contribution in [3.63, 3.8) is 0 Å². The molecule has 1 fully saturated rings. The summed E-state index contributed by atoms with van der Waals surface area (Å²) in [5.74, 6) is 1.26. The largest absolute Gasteiger partial charge is 0.485 e. The Morgan fingerprint density at radius 1 is 1.02 bits per heavy atom. The predicted molar refractivity (Wildman–Crippen MR) is 151 cm³/mol. The van der Waals surface area contributed by atoms with Gasteiger partial charge < -0.3 is 20.3 Å². The van der Waals surface area contributed by atoms with Gasteiger partial charge in [-0.3, -0.25) is 14.6 Å². The van der Waals surface area contributed by atoms with Crippen LogP contribution in [0.5, 0.6) is 5.75 Å². The van der Waals surface area contributed by atoms with Crippen LogP contribution in [0.2, 0.25) is 0 Å². The summed E-state index contributed by atoms with van der Waals surface area (Å²) in [7, 11) is 0. The standard InChI is InChI=1S/C30H25N7O3/c1-18-23-13-28(32-16-24(23)22-8-7-21(12-27(22)40-18)36-9-4-6-29(36)38)34-19-11-20(15-31-14-19)35-30(39)25-17-33-37-10-3-2-5-26(25)37/h2-3,5,7-8,10-18H,4,6,9H2,1H3,(H,32,34)(H,35,39). The van der Waals surface area contributed by atoms with Gasteiger partial charge in [-0.25, -0.2) is 9.50 Å². The average molecular weight is 532 g/mol. The number of hydrogen-bond donors (Lipinski definition) is 2. The lowest BCUT2D eigenvalue weighted by Crippen LogP contribution is -2.24. The maximum Gasteiger partial charge on any atom is 0.259 e. The molecule has 1 unspecified atom stereocenters. The Balaban J connectivity index is 1.11. The minimum Gasteiger partial charge on any atom is -0.485 e. The summed E-state index contributed by atoms with van der Waals surface area (Å²) in [4.78, 5) is 35.9. The molecule has 0 saturated carbocycles. The number of anilines is 4. The first-order valence-electron chi connectivity index (χ1n) is 13.1. The molecule has 10 nitrogen and oxygen atoms in total. The molecule has 2 N–H and O–H groups in total. The topological polar surface area (TPSA) is 114 Å². The molecule has 2 aliphatic heterocycles. The second-order valence-electron chi connectivity index (χ2n) is 9.88. The Morgan fingerprint density at radius 2 is 1.93 bits per heavy atom. The maximum absolute atomic E-state index is 12.9. The summed E-state index contributed by atoms with van der Waals surface area (Å²) < 4.78 is 7.92. The first kappa shape index (κ1) is 23.8. The van der Waals surface area contributed by atoms with Crippen LogP contribution in [0.1, 0.15) is 41.8 Å². The zero-order valence-corrected chi connectivity index (χ0v) is 21.7. The summed E-state index contributed by atoms with van der Waals surface area (Å²) in [6.45, 7) is 2.73. The number of hydrogen-bond acceptors (Lipinski definition) is 7. The Morgan fingerprint density at radius 3 is 2.80 bits per heavy atom. The molecule has 0 radical (unpaired) electrons. The Bertz CT molecular complexity index is 1800. The molecule has 198 valence electrons. The molecular weight excluding hydrogens is 506 g/mol. The lowest BCUT2D eigenvalue weighted by Gasteiger charge is -2.28. The fourth-order valence-corrected chi connectivity index (χ4v) is 5.31. The minimum absolute atomic E-state index is 0.148. The van der Waals surface area contributed by atoms with Gasteiger partial charge in [0.15, 0.2) is 0 Å². The van der Waals surface area contributed by atoms with E-state index in [1.54, 1.807) is 35.4 Å². The normalized spacial score (nSPS) is 15.9. The SMILES string of the molecule is CC1Oc2cc(N3CCCC3=O)ccc2-c2cnc(Nc3cncc(NC(=O)c4cnn5ccccc45)c3)cc21. The van der Waals surface area contributed by atoms with E-state index in [-0.39, 0.29) is 17.9 Å². The van der Waals surface area contributed by atoms with Crippen LogP contribution in [0.15, 0.2) is 79.5 Å². The third-order valence-corrected chi connectivity index (χ3v) is 7.26. The maximum atomic E-state index is 12.9. The van der Waals surface area contributed by atoms with E-state index in [1.165, 1.54) is 0 Å². The van der Waals surface area contributed by atoms with Crippen LogP contribution in [0.25, 0.3) is 16.6 Å². The van der Waals surface area contributed by atoms with Gasteiger partial charge in [-0.2, -0.15) is 5.10 Å². The van der Waals surface area contributed by atoms with Crippen molar-refractivity contribution in [2.75, 3.05) is 22.1 Å². The van der Waals surface area contributed by atoms with Crippen molar-refractivity contribution < 1.29 is 14.3 Å². The van der Waals surface area contributed by atoms with Crippen molar-refractivity contribution in [2.24, 2.45) is 0 Å². The average Bonchev–Trinajstić information content (AvgIpc) is 3.59. The van der Waals surface area contributed by atoms with Crippen molar-refractivity contribution in [3.05, 3.63) is 90.6 Å². The third kappa shape index (κ3) is 4.19. The number of carbonyl (C=O) groups excluding carboxylic acids is 2. The summed E-state index contributed by atoms with van der Waals surface area (Å²) in [6, 6.07) is 15.2. The van der Waals surface area contributed by atoms with E-state index in [1.807, 2.05) is 60.5 Å². The fourth-order valence-electron chi connectivity index (χ4n) is 5.31. The minimum atomic E-state index is -0.269. The number of amides is 2. The van der Waals surface area contributed by atoms with Crippen LogP contribution < -0.4 is 20.3 Å². The molecule has 1 atom stereocenters. The van der Waals surface area contributed by atoms with E-state index >= 15 is 0 Å². The van der Waals surface area contributed by atoms with Gasteiger partial charge in [0.25, 0.3) is 5.91 Å². The fraction of sp³-hybridized carbons (Fsp3) is 0.167. The van der Waals surface area contributed by atoms with Gasteiger partial charge in [0, 0.05) is 53.8 Å². The summed E-state index contributed by atoms with van der Waals surface area (Å²) in [5.41, 5.74) is 6.22. The Hall–Kier alpha value is -5.25. The zero-order valence-electron chi connectivity index (χ0n) is 21.7. The van der Waals surface area contributed by atoms with Crippen LogP contribution in [-0.2, 0) is 4.79 Å². The first-order valence-corrected chi connectivity index (χ1v) is 13.1.